The number of benzene rings is 2. The molecule has 2 aromatic carbocycles. The zero-order chi connectivity index (χ0) is 21.2. The third kappa shape index (κ3) is 2.73. The minimum atomic E-state index is -0.0123. The molecule has 152 valence electrons. The van der Waals surface area contributed by atoms with Gasteiger partial charge in [0.2, 0.25) is 0 Å². The van der Waals surface area contributed by atoms with E-state index in [0.717, 1.165) is 56.7 Å². The SMILES string of the molecule is CC(C)(C)c1cc(-c2nc(-c3n[nH]c4ccccc34)c3c4c(cccc24)CC=C3)n[nH]1. The number of fused-ring (bicyclic) bond motifs is 1. The van der Waals surface area contributed by atoms with Crippen molar-refractivity contribution in [1.82, 2.24) is 25.4 Å². The molecule has 1 aliphatic carbocycles. The van der Waals surface area contributed by atoms with Crippen LogP contribution in [-0.4, -0.2) is 25.4 Å². The second-order valence-electron chi connectivity index (χ2n) is 9.20. The molecule has 0 saturated heterocycles. The van der Waals surface area contributed by atoms with Crippen LogP contribution in [0.2, 0.25) is 0 Å². The molecule has 3 heterocycles. The summed E-state index contributed by atoms with van der Waals surface area (Å²) in [7, 11) is 0. The lowest BCUT2D eigenvalue weighted by Crippen LogP contribution is -2.11. The second-order valence-corrected chi connectivity index (χ2v) is 9.20. The van der Waals surface area contributed by atoms with Gasteiger partial charge in [-0.05, 0) is 29.5 Å². The highest BCUT2D eigenvalue weighted by Gasteiger charge is 2.24. The molecule has 0 atom stereocenters. The average molecular weight is 406 g/mol. The molecule has 5 heteroatoms. The van der Waals surface area contributed by atoms with Crippen LogP contribution >= 0.6 is 0 Å². The van der Waals surface area contributed by atoms with Gasteiger partial charge < -0.3 is 0 Å². The Hall–Kier alpha value is -3.73. The summed E-state index contributed by atoms with van der Waals surface area (Å²) in [4.78, 5) is 5.19. The van der Waals surface area contributed by atoms with Gasteiger partial charge in [0.25, 0.3) is 0 Å². The zero-order valence-electron chi connectivity index (χ0n) is 17.8. The summed E-state index contributed by atoms with van der Waals surface area (Å²) in [6, 6.07) is 16.8. The Balaban J connectivity index is 1.70. The Morgan fingerprint density at radius 2 is 1.68 bits per heavy atom. The summed E-state index contributed by atoms with van der Waals surface area (Å²) in [5.41, 5.74) is 8.06. The fourth-order valence-electron chi connectivity index (χ4n) is 4.45. The molecule has 5 nitrogen and oxygen atoms in total. The molecule has 0 bridgehead atoms. The maximum Gasteiger partial charge on any atom is 0.119 e. The Labute approximate surface area is 180 Å². The number of H-pyrrole nitrogens is 2. The van der Waals surface area contributed by atoms with Crippen molar-refractivity contribution in [2.75, 3.05) is 0 Å². The van der Waals surface area contributed by atoms with Crippen molar-refractivity contribution in [3.63, 3.8) is 0 Å². The van der Waals surface area contributed by atoms with Crippen LogP contribution in [-0.2, 0) is 11.8 Å². The van der Waals surface area contributed by atoms with E-state index in [1.807, 2.05) is 18.2 Å². The van der Waals surface area contributed by atoms with Crippen LogP contribution in [0.5, 0.6) is 0 Å². The lowest BCUT2D eigenvalue weighted by atomic mass is 9.89. The highest BCUT2D eigenvalue weighted by Crippen LogP contribution is 2.40. The normalized spacial score (nSPS) is 13.4. The van der Waals surface area contributed by atoms with Crippen LogP contribution in [0.1, 0.15) is 37.6 Å². The largest absolute Gasteiger partial charge is 0.281 e. The Bertz CT molecular complexity index is 1490. The van der Waals surface area contributed by atoms with Crippen LogP contribution < -0.4 is 0 Å². The molecule has 5 aromatic rings. The quantitative estimate of drug-likeness (QED) is 0.376. The van der Waals surface area contributed by atoms with Crippen molar-refractivity contribution in [3.8, 4) is 22.8 Å². The van der Waals surface area contributed by atoms with Gasteiger partial charge in [0.15, 0.2) is 0 Å². The van der Waals surface area contributed by atoms with Crippen LogP contribution in [0.3, 0.4) is 0 Å². The van der Waals surface area contributed by atoms with E-state index in [0.29, 0.717) is 0 Å². The summed E-state index contributed by atoms with van der Waals surface area (Å²) in [5, 5.41) is 19.2. The molecule has 0 saturated carbocycles. The monoisotopic (exact) mass is 405 g/mol. The lowest BCUT2D eigenvalue weighted by molar-refractivity contribution is 0.567. The fourth-order valence-corrected chi connectivity index (χ4v) is 4.45. The molecule has 6 rings (SSSR count). The first-order valence-corrected chi connectivity index (χ1v) is 10.6. The van der Waals surface area contributed by atoms with Crippen molar-refractivity contribution in [1.29, 1.82) is 0 Å². The summed E-state index contributed by atoms with van der Waals surface area (Å²) >= 11 is 0. The van der Waals surface area contributed by atoms with E-state index in [-0.39, 0.29) is 5.41 Å². The number of nitrogens with zero attached hydrogens (tertiary/aromatic N) is 3. The van der Waals surface area contributed by atoms with Crippen molar-refractivity contribution >= 4 is 27.8 Å². The number of hydrogen-bond donors (Lipinski definition) is 2. The first kappa shape index (κ1) is 18.1. The van der Waals surface area contributed by atoms with Gasteiger partial charge in [-0.15, -0.1) is 0 Å². The van der Waals surface area contributed by atoms with E-state index in [2.05, 4.69) is 83.6 Å². The third-order valence-corrected chi connectivity index (χ3v) is 6.10. The average Bonchev–Trinajstić information content (AvgIpc) is 3.42. The Morgan fingerprint density at radius 3 is 2.52 bits per heavy atom. The molecule has 0 amide bonds. The molecule has 1 aliphatic rings. The predicted octanol–water partition coefficient (Wildman–Crippen LogP) is 6.04. The Morgan fingerprint density at radius 1 is 0.839 bits per heavy atom. The molecule has 3 aromatic heterocycles. The maximum atomic E-state index is 5.19. The summed E-state index contributed by atoms with van der Waals surface area (Å²) in [6.07, 6.45) is 5.32. The van der Waals surface area contributed by atoms with Crippen LogP contribution in [0.15, 0.2) is 54.6 Å². The number of para-hydroxylation sites is 1. The van der Waals surface area contributed by atoms with Crippen molar-refractivity contribution in [2.45, 2.75) is 32.6 Å². The fraction of sp³-hybridized carbons (Fsp3) is 0.192. The van der Waals surface area contributed by atoms with Crippen LogP contribution in [0, 0.1) is 0 Å². The standard InChI is InChI=1S/C26H23N5/c1-26(2,3)21-14-20(29-30-21)23-17-11-6-8-15-9-7-12-18(22(15)17)24(27-23)25-16-10-4-5-13-19(16)28-31-25/h4-8,10-14H,9H2,1-3H3,(H,28,31)(H,29,30). The number of rotatable bonds is 2. The minimum absolute atomic E-state index is 0.0123. The minimum Gasteiger partial charge on any atom is -0.281 e. The van der Waals surface area contributed by atoms with Crippen molar-refractivity contribution in [3.05, 3.63) is 71.4 Å². The van der Waals surface area contributed by atoms with Crippen molar-refractivity contribution < 1.29 is 0 Å². The number of aromatic nitrogens is 5. The highest BCUT2D eigenvalue weighted by molar-refractivity contribution is 6.07. The summed E-state index contributed by atoms with van der Waals surface area (Å²) in [6.45, 7) is 6.55. The predicted molar refractivity (Wildman–Crippen MR) is 126 cm³/mol. The summed E-state index contributed by atoms with van der Waals surface area (Å²) in [5.74, 6) is 0. The lowest BCUT2D eigenvalue weighted by Gasteiger charge is -2.18. The third-order valence-electron chi connectivity index (χ3n) is 6.10. The zero-order valence-corrected chi connectivity index (χ0v) is 17.8. The number of hydrogen-bond acceptors (Lipinski definition) is 3. The van der Waals surface area contributed by atoms with E-state index in [1.54, 1.807) is 0 Å². The summed E-state index contributed by atoms with van der Waals surface area (Å²) < 4.78 is 0. The van der Waals surface area contributed by atoms with E-state index in [4.69, 9.17) is 4.98 Å². The van der Waals surface area contributed by atoms with Gasteiger partial charge in [-0.3, -0.25) is 10.2 Å². The van der Waals surface area contributed by atoms with Gasteiger partial charge in [-0.25, -0.2) is 4.98 Å². The smallest absolute Gasteiger partial charge is 0.119 e. The van der Waals surface area contributed by atoms with Gasteiger partial charge in [0.05, 0.1) is 16.9 Å². The van der Waals surface area contributed by atoms with Crippen LogP contribution in [0.4, 0.5) is 0 Å². The van der Waals surface area contributed by atoms with Crippen molar-refractivity contribution in [2.24, 2.45) is 0 Å². The Kier molecular flexibility index (Phi) is 3.72. The van der Waals surface area contributed by atoms with Gasteiger partial charge >= 0.3 is 0 Å². The molecule has 0 spiro atoms. The molecule has 0 radical (unpaired) electrons. The van der Waals surface area contributed by atoms with E-state index >= 15 is 0 Å². The molecular weight excluding hydrogens is 382 g/mol. The molecule has 0 unspecified atom stereocenters. The number of pyridine rings is 1. The molecule has 31 heavy (non-hydrogen) atoms. The number of nitrogens with one attached hydrogen (secondary N) is 2. The molecule has 0 aliphatic heterocycles. The first-order valence-electron chi connectivity index (χ1n) is 10.6. The van der Waals surface area contributed by atoms with Gasteiger partial charge in [-0.1, -0.05) is 69.3 Å². The topological polar surface area (TPSA) is 70.2 Å². The van der Waals surface area contributed by atoms with Gasteiger partial charge in [0.1, 0.15) is 11.4 Å². The maximum absolute atomic E-state index is 5.19. The van der Waals surface area contributed by atoms with E-state index in [1.165, 1.54) is 10.9 Å². The van der Waals surface area contributed by atoms with Crippen LogP contribution in [0.25, 0.3) is 50.5 Å². The highest BCUT2D eigenvalue weighted by atomic mass is 15.1. The molecule has 2 N–H and O–H groups in total. The number of aromatic amines is 2. The molecular formula is C26H23N5. The molecule has 0 fully saturated rings. The first-order chi connectivity index (χ1) is 15.0. The van der Waals surface area contributed by atoms with Gasteiger partial charge in [0, 0.05) is 27.4 Å². The van der Waals surface area contributed by atoms with Gasteiger partial charge in [-0.2, -0.15) is 10.2 Å². The second kappa shape index (κ2) is 6.38. The number of allylic oxidation sites excluding steroid dienone is 1. The van der Waals surface area contributed by atoms with E-state index in [9.17, 15) is 0 Å². The van der Waals surface area contributed by atoms with E-state index < -0.39 is 0 Å².